The first kappa shape index (κ1) is 13.1. The lowest BCUT2D eigenvalue weighted by Gasteiger charge is -2.09. The van der Waals surface area contributed by atoms with E-state index < -0.39 is 0 Å². The molecule has 98 valence electrons. The Hall–Kier alpha value is -1.35. The molecule has 1 saturated heterocycles. The molecule has 1 atom stereocenters. The number of hydrogen-bond acceptors (Lipinski definition) is 2. The van der Waals surface area contributed by atoms with Gasteiger partial charge in [0.25, 0.3) is 0 Å². The van der Waals surface area contributed by atoms with E-state index in [1.54, 1.807) is 0 Å². The molecule has 2 N–H and O–H groups in total. The van der Waals surface area contributed by atoms with E-state index in [4.69, 9.17) is 0 Å². The van der Waals surface area contributed by atoms with Gasteiger partial charge < -0.3 is 10.6 Å². The van der Waals surface area contributed by atoms with Gasteiger partial charge >= 0.3 is 0 Å². The Bertz CT molecular complexity index is 358. The van der Waals surface area contributed by atoms with Gasteiger partial charge in [0.1, 0.15) is 0 Å². The van der Waals surface area contributed by atoms with Crippen molar-refractivity contribution < 1.29 is 4.79 Å². The van der Waals surface area contributed by atoms with Crippen molar-refractivity contribution in [1.82, 2.24) is 10.6 Å². The zero-order valence-corrected chi connectivity index (χ0v) is 10.8. The summed E-state index contributed by atoms with van der Waals surface area (Å²) in [5.41, 5.74) is 1.34. The highest BCUT2D eigenvalue weighted by molar-refractivity contribution is 5.76. The average Bonchev–Trinajstić information content (AvgIpc) is 2.89. The zero-order valence-electron chi connectivity index (χ0n) is 10.8. The maximum Gasteiger partial charge on any atom is 0.220 e. The van der Waals surface area contributed by atoms with E-state index in [0.717, 1.165) is 38.9 Å². The number of aryl methyl sites for hydroxylation is 1. The van der Waals surface area contributed by atoms with Crippen molar-refractivity contribution in [3.63, 3.8) is 0 Å². The predicted molar refractivity (Wildman–Crippen MR) is 73.4 cm³/mol. The van der Waals surface area contributed by atoms with Crippen LogP contribution in [0, 0.1) is 5.92 Å². The van der Waals surface area contributed by atoms with Crippen molar-refractivity contribution in [2.24, 2.45) is 5.92 Å². The largest absolute Gasteiger partial charge is 0.356 e. The van der Waals surface area contributed by atoms with Crippen molar-refractivity contribution in [3.8, 4) is 0 Å². The van der Waals surface area contributed by atoms with E-state index in [1.165, 1.54) is 5.56 Å². The average molecular weight is 246 g/mol. The van der Waals surface area contributed by atoms with Gasteiger partial charge in [0.15, 0.2) is 0 Å². The third-order valence-electron chi connectivity index (χ3n) is 3.44. The van der Waals surface area contributed by atoms with Crippen molar-refractivity contribution >= 4 is 5.91 Å². The number of hydrogen-bond donors (Lipinski definition) is 2. The van der Waals surface area contributed by atoms with E-state index in [-0.39, 0.29) is 5.91 Å². The molecule has 0 aliphatic carbocycles. The molecular formula is C15H22N2O. The lowest BCUT2D eigenvalue weighted by atomic mass is 10.0. The molecule has 1 aromatic carbocycles. The Morgan fingerprint density at radius 2 is 2.17 bits per heavy atom. The van der Waals surface area contributed by atoms with Crippen LogP contribution in [0.15, 0.2) is 30.3 Å². The van der Waals surface area contributed by atoms with E-state index in [1.807, 2.05) is 6.07 Å². The lowest BCUT2D eigenvalue weighted by molar-refractivity contribution is -0.121. The van der Waals surface area contributed by atoms with E-state index in [9.17, 15) is 4.79 Å². The summed E-state index contributed by atoms with van der Waals surface area (Å²) in [6.45, 7) is 2.84. The van der Waals surface area contributed by atoms with Crippen LogP contribution < -0.4 is 10.6 Å². The fraction of sp³-hybridized carbons (Fsp3) is 0.533. The van der Waals surface area contributed by atoms with Crippen LogP contribution in [-0.2, 0) is 11.2 Å². The molecular weight excluding hydrogens is 224 g/mol. The second kappa shape index (κ2) is 7.17. The molecule has 0 radical (unpaired) electrons. The molecule has 0 saturated carbocycles. The number of carbonyl (C=O) groups is 1. The van der Waals surface area contributed by atoms with Crippen LogP contribution >= 0.6 is 0 Å². The zero-order chi connectivity index (χ0) is 12.6. The molecule has 1 aromatic rings. The Balaban J connectivity index is 1.56. The minimum Gasteiger partial charge on any atom is -0.356 e. The third kappa shape index (κ3) is 4.49. The lowest BCUT2D eigenvalue weighted by Crippen LogP contribution is -2.27. The summed E-state index contributed by atoms with van der Waals surface area (Å²) in [6.07, 6.45) is 3.86. The fourth-order valence-electron chi connectivity index (χ4n) is 2.39. The van der Waals surface area contributed by atoms with Gasteiger partial charge in [0, 0.05) is 13.0 Å². The van der Waals surface area contributed by atoms with Gasteiger partial charge in [-0.15, -0.1) is 0 Å². The van der Waals surface area contributed by atoms with Crippen molar-refractivity contribution in [2.45, 2.75) is 25.7 Å². The smallest absolute Gasteiger partial charge is 0.220 e. The van der Waals surface area contributed by atoms with Crippen LogP contribution in [0.2, 0.25) is 0 Å². The molecule has 1 aliphatic rings. The van der Waals surface area contributed by atoms with E-state index >= 15 is 0 Å². The molecule has 18 heavy (non-hydrogen) atoms. The molecule has 1 fully saturated rings. The van der Waals surface area contributed by atoms with Gasteiger partial charge in [0.2, 0.25) is 5.91 Å². The normalized spacial score (nSPS) is 18.8. The standard InChI is InChI=1S/C15H22N2O/c18-15(11-14-8-10-16-12-14)17-9-4-7-13-5-2-1-3-6-13/h1-3,5-6,14,16H,4,7-12H2,(H,17,18). The molecule has 2 rings (SSSR count). The summed E-state index contributed by atoms with van der Waals surface area (Å²) in [5, 5.41) is 6.30. The first-order valence-electron chi connectivity index (χ1n) is 6.86. The first-order chi connectivity index (χ1) is 8.84. The summed E-state index contributed by atoms with van der Waals surface area (Å²) in [5.74, 6) is 0.746. The Kier molecular flexibility index (Phi) is 5.21. The molecule has 1 heterocycles. The summed E-state index contributed by atoms with van der Waals surface area (Å²) in [6, 6.07) is 10.4. The van der Waals surface area contributed by atoms with Gasteiger partial charge in [-0.1, -0.05) is 30.3 Å². The molecule has 3 nitrogen and oxygen atoms in total. The summed E-state index contributed by atoms with van der Waals surface area (Å²) in [4.78, 5) is 11.7. The molecule has 0 bridgehead atoms. The van der Waals surface area contributed by atoms with Gasteiger partial charge in [-0.3, -0.25) is 4.79 Å². The molecule has 1 amide bonds. The van der Waals surface area contributed by atoms with Crippen LogP contribution in [0.4, 0.5) is 0 Å². The Morgan fingerprint density at radius 1 is 1.33 bits per heavy atom. The topological polar surface area (TPSA) is 41.1 Å². The summed E-state index contributed by atoms with van der Waals surface area (Å²) < 4.78 is 0. The van der Waals surface area contributed by atoms with Gasteiger partial charge in [0.05, 0.1) is 0 Å². The van der Waals surface area contributed by atoms with Crippen LogP contribution in [0.5, 0.6) is 0 Å². The van der Waals surface area contributed by atoms with Crippen molar-refractivity contribution in [2.75, 3.05) is 19.6 Å². The van der Waals surface area contributed by atoms with E-state index in [0.29, 0.717) is 12.3 Å². The van der Waals surface area contributed by atoms with Crippen LogP contribution in [-0.4, -0.2) is 25.5 Å². The minimum absolute atomic E-state index is 0.205. The quantitative estimate of drug-likeness (QED) is 0.751. The minimum atomic E-state index is 0.205. The number of carbonyl (C=O) groups excluding carboxylic acids is 1. The second-order valence-electron chi connectivity index (χ2n) is 5.00. The molecule has 1 unspecified atom stereocenters. The van der Waals surface area contributed by atoms with Gasteiger partial charge in [-0.2, -0.15) is 0 Å². The summed E-state index contributed by atoms with van der Waals surface area (Å²) >= 11 is 0. The molecule has 1 aliphatic heterocycles. The van der Waals surface area contributed by atoms with Crippen molar-refractivity contribution in [1.29, 1.82) is 0 Å². The van der Waals surface area contributed by atoms with E-state index in [2.05, 4.69) is 34.9 Å². The molecule has 0 spiro atoms. The maximum absolute atomic E-state index is 11.7. The number of benzene rings is 1. The highest BCUT2D eigenvalue weighted by Crippen LogP contribution is 2.11. The number of amides is 1. The number of rotatable bonds is 6. The molecule has 3 heteroatoms. The van der Waals surface area contributed by atoms with Crippen molar-refractivity contribution in [3.05, 3.63) is 35.9 Å². The second-order valence-corrected chi connectivity index (χ2v) is 5.00. The highest BCUT2D eigenvalue weighted by Gasteiger charge is 2.17. The summed E-state index contributed by atoms with van der Waals surface area (Å²) in [7, 11) is 0. The number of nitrogens with one attached hydrogen (secondary N) is 2. The Morgan fingerprint density at radius 3 is 2.89 bits per heavy atom. The third-order valence-corrected chi connectivity index (χ3v) is 3.44. The monoisotopic (exact) mass is 246 g/mol. The SMILES string of the molecule is O=C(CC1CCNC1)NCCCc1ccccc1. The first-order valence-corrected chi connectivity index (χ1v) is 6.86. The molecule has 0 aromatic heterocycles. The Labute approximate surface area is 109 Å². The van der Waals surface area contributed by atoms with Gasteiger partial charge in [-0.25, -0.2) is 0 Å². The fourth-order valence-corrected chi connectivity index (χ4v) is 2.39. The van der Waals surface area contributed by atoms with Crippen LogP contribution in [0.3, 0.4) is 0 Å². The van der Waals surface area contributed by atoms with Crippen LogP contribution in [0.25, 0.3) is 0 Å². The van der Waals surface area contributed by atoms with Crippen LogP contribution in [0.1, 0.15) is 24.8 Å². The highest BCUT2D eigenvalue weighted by atomic mass is 16.1. The predicted octanol–water partition coefficient (Wildman–Crippen LogP) is 1.73. The maximum atomic E-state index is 11.7. The van der Waals surface area contributed by atoms with Gasteiger partial charge in [-0.05, 0) is 43.8 Å².